The molecule has 0 aromatic heterocycles. The van der Waals surface area contributed by atoms with Gasteiger partial charge in [-0.05, 0) is 46.5 Å². The summed E-state index contributed by atoms with van der Waals surface area (Å²) in [6.45, 7) is 0. The van der Waals surface area contributed by atoms with Crippen LogP contribution < -0.4 is 0 Å². The Morgan fingerprint density at radius 3 is 1.27 bits per heavy atom. The molecule has 0 heterocycles. The average molecular weight is 362 g/mol. The molecule has 0 spiro atoms. The van der Waals surface area contributed by atoms with Crippen LogP contribution in [-0.2, 0) is 0 Å². The molecule has 26 heavy (non-hydrogen) atoms. The second kappa shape index (κ2) is 8.28. The van der Waals surface area contributed by atoms with Gasteiger partial charge in [0.2, 0.25) is 0 Å². The van der Waals surface area contributed by atoms with Gasteiger partial charge in [0, 0.05) is 17.2 Å². The Balaban J connectivity index is 1.65. The molecule has 0 atom stereocenters. The standard InChI is InChI=1S/C22H16ClNO2/c23-21-13-9-19(10-14-21)7-5-17-1-3-18(4-2-17)6-8-20-11-15-22(16-12-20)24(25)26/h1-16H/b7-5+,8-6+. The van der Waals surface area contributed by atoms with Crippen molar-refractivity contribution in [1.29, 1.82) is 0 Å². The van der Waals surface area contributed by atoms with E-state index in [1.54, 1.807) is 12.1 Å². The number of nitro groups is 1. The first-order valence-corrected chi connectivity index (χ1v) is 8.44. The van der Waals surface area contributed by atoms with E-state index in [2.05, 4.69) is 0 Å². The first kappa shape index (κ1) is 17.6. The molecule has 3 aromatic rings. The van der Waals surface area contributed by atoms with Crippen molar-refractivity contribution >= 4 is 41.6 Å². The molecule has 0 bridgehead atoms. The molecular weight excluding hydrogens is 346 g/mol. The molecule has 0 unspecified atom stereocenters. The van der Waals surface area contributed by atoms with Crippen LogP contribution in [0.4, 0.5) is 5.69 Å². The lowest BCUT2D eigenvalue weighted by Gasteiger charge is -1.98. The van der Waals surface area contributed by atoms with Gasteiger partial charge in [-0.3, -0.25) is 10.1 Å². The second-order valence-electron chi connectivity index (χ2n) is 5.73. The molecule has 0 aliphatic carbocycles. The van der Waals surface area contributed by atoms with E-state index in [-0.39, 0.29) is 5.69 Å². The second-order valence-corrected chi connectivity index (χ2v) is 6.17. The Kier molecular flexibility index (Phi) is 5.62. The fourth-order valence-electron chi connectivity index (χ4n) is 2.38. The van der Waals surface area contributed by atoms with Gasteiger partial charge in [-0.1, -0.05) is 72.3 Å². The number of hydrogen-bond acceptors (Lipinski definition) is 2. The molecule has 0 aliphatic rings. The highest BCUT2D eigenvalue weighted by atomic mass is 35.5. The van der Waals surface area contributed by atoms with Crippen LogP contribution in [0.1, 0.15) is 22.3 Å². The van der Waals surface area contributed by atoms with Crippen molar-refractivity contribution in [3.63, 3.8) is 0 Å². The van der Waals surface area contributed by atoms with Crippen LogP contribution in [0.2, 0.25) is 5.02 Å². The Bertz CT molecular complexity index is 941. The zero-order chi connectivity index (χ0) is 18.4. The molecule has 0 amide bonds. The molecule has 3 rings (SSSR count). The van der Waals surface area contributed by atoms with Crippen LogP contribution in [0.25, 0.3) is 24.3 Å². The number of non-ortho nitro benzene ring substituents is 1. The lowest BCUT2D eigenvalue weighted by atomic mass is 10.1. The minimum absolute atomic E-state index is 0.0963. The Hall–Kier alpha value is -3.17. The highest BCUT2D eigenvalue weighted by Gasteiger charge is 2.02. The summed E-state index contributed by atoms with van der Waals surface area (Å²) in [6, 6.07) is 22.3. The van der Waals surface area contributed by atoms with Crippen molar-refractivity contribution in [2.75, 3.05) is 0 Å². The van der Waals surface area contributed by atoms with Crippen molar-refractivity contribution in [1.82, 2.24) is 0 Å². The molecule has 0 aliphatic heterocycles. The zero-order valence-electron chi connectivity index (χ0n) is 13.9. The fourth-order valence-corrected chi connectivity index (χ4v) is 2.51. The number of benzene rings is 3. The number of rotatable bonds is 5. The third-order valence-corrected chi connectivity index (χ3v) is 4.10. The van der Waals surface area contributed by atoms with Crippen LogP contribution in [-0.4, -0.2) is 4.92 Å². The summed E-state index contributed by atoms with van der Waals surface area (Å²) in [5.41, 5.74) is 4.28. The van der Waals surface area contributed by atoms with Crippen molar-refractivity contribution in [3.05, 3.63) is 110 Å². The van der Waals surface area contributed by atoms with Gasteiger partial charge in [0.05, 0.1) is 4.92 Å². The normalized spacial score (nSPS) is 11.3. The summed E-state index contributed by atoms with van der Waals surface area (Å²) < 4.78 is 0. The number of hydrogen-bond donors (Lipinski definition) is 0. The summed E-state index contributed by atoms with van der Waals surface area (Å²) in [5.74, 6) is 0. The van der Waals surface area contributed by atoms with E-state index >= 15 is 0 Å². The smallest absolute Gasteiger partial charge is 0.258 e. The maximum atomic E-state index is 10.7. The van der Waals surface area contributed by atoms with E-state index in [0.29, 0.717) is 0 Å². The third-order valence-electron chi connectivity index (χ3n) is 3.85. The van der Waals surface area contributed by atoms with E-state index in [9.17, 15) is 10.1 Å². The average Bonchev–Trinajstić information content (AvgIpc) is 2.67. The zero-order valence-corrected chi connectivity index (χ0v) is 14.6. The SMILES string of the molecule is O=[N+]([O-])c1ccc(/C=C/c2ccc(/C=C/c3ccc(Cl)cc3)cc2)cc1. The van der Waals surface area contributed by atoms with Crippen molar-refractivity contribution in [3.8, 4) is 0 Å². The number of halogens is 1. The van der Waals surface area contributed by atoms with Gasteiger partial charge in [0.15, 0.2) is 0 Å². The molecule has 128 valence electrons. The van der Waals surface area contributed by atoms with Gasteiger partial charge in [0.25, 0.3) is 5.69 Å². The first-order valence-electron chi connectivity index (χ1n) is 8.06. The largest absolute Gasteiger partial charge is 0.269 e. The van der Waals surface area contributed by atoms with Crippen LogP contribution in [0.3, 0.4) is 0 Å². The fraction of sp³-hybridized carbons (Fsp3) is 0. The summed E-state index contributed by atoms with van der Waals surface area (Å²) in [4.78, 5) is 10.3. The van der Waals surface area contributed by atoms with E-state index in [1.165, 1.54) is 12.1 Å². The topological polar surface area (TPSA) is 43.1 Å². The van der Waals surface area contributed by atoms with Crippen molar-refractivity contribution < 1.29 is 4.92 Å². The van der Waals surface area contributed by atoms with E-state index in [4.69, 9.17) is 11.6 Å². The van der Waals surface area contributed by atoms with Gasteiger partial charge in [-0.25, -0.2) is 0 Å². The monoisotopic (exact) mass is 361 g/mol. The molecular formula is C22H16ClNO2. The van der Waals surface area contributed by atoms with Crippen LogP contribution >= 0.6 is 11.6 Å². The van der Waals surface area contributed by atoms with Crippen LogP contribution in [0, 0.1) is 10.1 Å². The third kappa shape index (κ3) is 4.91. The molecule has 0 saturated heterocycles. The first-order chi connectivity index (χ1) is 12.6. The predicted molar refractivity (Wildman–Crippen MR) is 109 cm³/mol. The summed E-state index contributed by atoms with van der Waals surface area (Å²) in [7, 11) is 0. The molecule has 3 aromatic carbocycles. The quantitative estimate of drug-likeness (QED) is 0.292. The lowest BCUT2D eigenvalue weighted by Crippen LogP contribution is -1.86. The molecule has 0 saturated carbocycles. The molecule has 4 heteroatoms. The van der Waals surface area contributed by atoms with E-state index < -0.39 is 4.92 Å². The summed E-state index contributed by atoms with van der Waals surface area (Å²) in [5, 5.41) is 11.4. The van der Waals surface area contributed by atoms with Crippen LogP contribution in [0.5, 0.6) is 0 Å². The van der Waals surface area contributed by atoms with Crippen LogP contribution in [0.15, 0.2) is 72.8 Å². The van der Waals surface area contributed by atoms with Gasteiger partial charge in [0.1, 0.15) is 0 Å². The van der Waals surface area contributed by atoms with E-state index in [0.717, 1.165) is 27.3 Å². The number of nitro benzene ring substituents is 1. The predicted octanol–water partition coefficient (Wildman–Crippen LogP) is 6.59. The van der Waals surface area contributed by atoms with E-state index in [1.807, 2.05) is 72.8 Å². The van der Waals surface area contributed by atoms with Gasteiger partial charge in [-0.15, -0.1) is 0 Å². The highest BCUT2D eigenvalue weighted by Crippen LogP contribution is 2.16. The Morgan fingerprint density at radius 2 is 0.923 bits per heavy atom. The Labute approximate surface area is 157 Å². The van der Waals surface area contributed by atoms with Gasteiger partial charge in [-0.2, -0.15) is 0 Å². The molecule has 0 radical (unpaired) electrons. The van der Waals surface area contributed by atoms with Crippen molar-refractivity contribution in [2.45, 2.75) is 0 Å². The number of nitrogens with zero attached hydrogens (tertiary/aromatic N) is 1. The maximum Gasteiger partial charge on any atom is 0.269 e. The maximum absolute atomic E-state index is 10.7. The Morgan fingerprint density at radius 1 is 0.615 bits per heavy atom. The molecule has 0 fully saturated rings. The molecule has 0 N–H and O–H groups in total. The summed E-state index contributed by atoms with van der Waals surface area (Å²) >= 11 is 5.88. The highest BCUT2D eigenvalue weighted by molar-refractivity contribution is 6.30. The lowest BCUT2D eigenvalue weighted by molar-refractivity contribution is -0.384. The van der Waals surface area contributed by atoms with Crippen molar-refractivity contribution in [2.24, 2.45) is 0 Å². The van der Waals surface area contributed by atoms with Gasteiger partial charge >= 0.3 is 0 Å². The summed E-state index contributed by atoms with van der Waals surface area (Å²) in [6.07, 6.45) is 8.00. The minimum atomic E-state index is -0.399. The van der Waals surface area contributed by atoms with Gasteiger partial charge < -0.3 is 0 Å². The minimum Gasteiger partial charge on any atom is -0.258 e. The molecule has 3 nitrogen and oxygen atoms in total.